The molecule has 0 aliphatic carbocycles. The van der Waals surface area contributed by atoms with E-state index in [1.807, 2.05) is 37.3 Å². The summed E-state index contributed by atoms with van der Waals surface area (Å²) < 4.78 is 32.1. The summed E-state index contributed by atoms with van der Waals surface area (Å²) in [5.41, 5.74) is 2.02. The van der Waals surface area contributed by atoms with Crippen molar-refractivity contribution in [1.29, 1.82) is 0 Å². The fourth-order valence-corrected chi connectivity index (χ4v) is 6.00. The topological polar surface area (TPSA) is 96.0 Å². The number of halogens is 2. The van der Waals surface area contributed by atoms with Gasteiger partial charge >= 0.3 is 0 Å². The molecule has 232 valence electrons. The summed E-state index contributed by atoms with van der Waals surface area (Å²) in [5.74, 6) is -0.129. The third kappa shape index (κ3) is 10.2. The highest BCUT2D eigenvalue weighted by molar-refractivity contribution is 7.92. The SMILES string of the molecule is CCCCNC(=O)[C@H](Cc1ccccc1)N(Cc1ccc(Cl)c(Cl)c1)C(=O)CCCN(c1ccccc1OC)S(C)(=O)=O. The molecule has 0 aliphatic rings. The highest BCUT2D eigenvalue weighted by Gasteiger charge is 2.31. The molecule has 3 aromatic carbocycles. The number of rotatable bonds is 16. The fourth-order valence-electron chi connectivity index (χ4n) is 4.71. The maximum Gasteiger partial charge on any atom is 0.243 e. The molecule has 0 spiro atoms. The Morgan fingerprint density at radius 3 is 2.28 bits per heavy atom. The van der Waals surface area contributed by atoms with Crippen LogP contribution in [-0.4, -0.2) is 57.6 Å². The van der Waals surface area contributed by atoms with E-state index in [-0.39, 0.29) is 37.7 Å². The minimum absolute atomic E-state index is 0.00994. The molecular formula is C32H39Cl2N3O5S. The third-order valence-electron chi connectivity index (χ3n) is 6.94. The minimum atomic E-state index is -3.67. The van der Waals surface area contributed by atoms with Crippen LogP contribution < -0.4 is 14.4 Å². The Bertz CT molecular complexity index is 1470. The molecule has 1 N–H and O–H groups in total. The Labute approximate surface area is 265 Å². The van der Waals surface area contributed by atoms with Crippen molar-refractivity contribution in [3.05, 3.63) is 94.0 Å². The number of anilines is 1. The maximum atomic E-state index is 14.0. The largest absolute Gasteiger partial charge is 0.495 e. The van der Waals surface area contributed by atoms with Crippen LogP contribution in [0, 0.1) is 0 Å². The Balaban J connectivity index is 1.91. The van der Waals surface area contributed by atoms with E-state index >= 15 is 0 Å². The van der Waals surface area contributed by atoms with Gasteiger partial charge in [-0.1, -0.05) is 85.1 Å². The third-order valence-corrected chi connectivity index (χ3v) is 8.86. The summed E-state index contributed by atoms with van der Waals surface area (Å²) in [5, 5.41) is 3.73. The van der Waals surface area contributed by atoms with E-state index in [9.17, 15) is 18.0 Å². The van der Waals surface area contributed by atoms with Crippen molar-refractivity contribution in [3.8, 4) is 5.75 Å². The van der Waals surface area contributed by atoms with Gasteiger partial charge in [0.25, 0.3) is 0 Å². The first-order valence-corrected chi connectivity index (χ1v) is 16.8. The number of carbonyl (C=O) groups is 2. The quantitative estimate of drug-likeness (QED) is 0.189. The molecule has 2 amide bonds. The van der Waals surface area contributed by atoms with Crippen molar-refractivity contribution in [2.75, 3.05) is 30.8 Å². The van der Waals surface area contributed by atoms with E-state index in [0.29, 0.717) is 40.0 Å². The first kappa shape index (κ1) is 34.2. The average molecular weight is 649 g/mol. The number of carbonyl (C=O) groups excluding carboxylic acids is 2. The molecule has 0 radical (unpaired) electrons. The van der Waals surface area contributed by atoms with Crippen molar-refractivity contribution < 1.29 is 22.7 Å². The molecule has 0 aromatic heterocycles. The molecule has 3 aromatic rings. The van der Waals surface area contributed by atoms with Gasteiger partial charge in [0, 0.05) is 32.5 Å². The highest BCUT2D eigenvalue weighted by Crippen LogP contribution is 2.30. The lowest BCUT2D eigenvalue weighted by Gasteiger charge is -2.32. The second-order valence-electron chi connectivity index (χ2n) is 10.2. The van der Waals surface area contributed by atoms with E-state index < -0.39 is 16.1 Å². The van der Waals surface area contributed by atoms with Crippen LogP contribution >= 0.6 is 23.2 Å². The van der Waals surface area contributed by atoms with Gasteiger partial charge in [-0.25, -0.2) is 8.42 Å². The molecule has 0 fully saturated rings. The van der Waals surface area contributed by atoms with Crippen molar-refractivity contribution in [1.82, 2.24) is 10.2 Å². The zero-order valence-electron chi connectivity index (χ0n) is 24.8. The predicted octanol–water partition coefficient (Wildman–Crippen LogP) is 6.10. The number of para-hydroxylation sites is 2. The maximum absolute atomic E-state index is 14.0. The molecule has 0 unspecified atom stereocenters. The Morgan fingerprint density at radius 2 is 1.63 bits per heavy atom. The fraction of sp³-hybridized carbons (Fsp3) is 0.375. The van der Waals surface area contributed by atoms with Gasteiger partial charge in [-0.2, -0.15) is 0 Å². The van der Waals surface area contributed by atoms with Gasteiger partial charge < -0.3 is 15.0 Å². The minimum Gasteiger partial charge on any atom is -0.495 e. The molecule has 0 aliphatic heterocycles. The second-order valence-corrected chi connectivity index (χ2v) is 13.0. The Hall–Kier alpha value is -3.27. The van der Waals surface area contributed by atoms with Gasteiger partial charge in [-0.15, -0.1) is 0 Å². The number of unbranched alkanes of at least 4 members (excludes halogenated alkanes) is 1. The lowest BCUT2D eigenvalue weighted by atomic mass is 10.0. The molecule has 0 bridgehead atoms. The Kier molecular flexibility index (Phi) is 13.2. The number of nitrogens with one attached hydrogen (secondary N) is 1. The summed E-state index contributed by atoms with van der Waals surface area (Å²) in [6.45, 7) is 2.71. The zero-order valence-corrected chi connectivity index (χ0v) is 27.1. The van der Waals surface area contributed by atoms with Crippen molar-refractivity contribution in [2.24, 2.45) is 0 Å². The number of hydrogen-bond acceptors (Lipinski definition) is 5. The van der Waals surface area contributed by atoms with Crippen LogP contribution in [0.2, 0.25) is 10.0 Å². The number of sulfonamides is 1. The first-order chi connectivity index (χ1) is 20.5. The number of nitrogens with zero attached hydrogens (tertiary/aromatic N) is 2. The lowest BCUT2D eigenvalue weighted by Crippen LogP contribution is -2.50. The molecule has 43 heavy (non-hydrogen) atoms. The predicted molar refractivity (Wildman–Crippen MR) is 173 cm³/mol. The number of hydrogen-bond donors (Lipinski definition) is 1. The van der Waals surface area contributed by atoms with Crippen LogP contribution in [0.15, 0.2) is 72.8 Å². The first-order valence-electron chi connectivity index (χ1n) is 14.2. The number of ether oxygens (including phenoxy) is 1. The molecular weight excluding hydrogens is 609 g/mol. The molecule has 0 saturated heterocycles. The molecule has 0 saturated carbocycles. The smallest absolute Gasteiger partial charge is 0.243 e. The van der Waals surface area contributed by atoms with E-state index in [0.717, 1.165) is 24.7 Å². The van der Waals surface area contributed by atoms with Crippen LogP contribution in [0.4, 0.5) is 5.69 Å². The molecule has 11 heteroatoms. The van der Waals surface area contributed by atoms with Gasteiger partial charge in [0.1, 0.15) is 11.8 Å². The van der Waals surface area contributed by atoms with Crippen LogP contribution in [0.1, 0.15) is 43.7 Å². The number of amides is 2. The van der Waals surface area contributed by atoms with Gasteiger partial charge in [-0.3, -0.25) is 13.9 Å². The van der Waals surface area contributed by atoms with Gasteiger partial charge in [0.2, 0.25) is 21.8 Å². The standard InChI is InChI=1S/C32H39Cl2N3O5S/c1-4-5-19-35-32(39)29(22-24-12-7-6-8-13-24)36(23-25-17-18-26(33)27(34)21-25)31(38)16-11-20-37(43(3,40)41)28-14-9-10-15-30(28)42-2/h6-10,12-15,17-18,21,29H,4-5,11,16,19-20,22-23H2,1-3H3,(H,35,39)/t29-/m0/s1. The van der Waals surface area contributed by atoms with E-state index in [4.69, 9.17) is 27.9 Å². The summed E-state index contributed by atoms with van der Waals surface area (Å²) in [4.78, 5) is 29.1. The molecule has 3 rings (SSSR count). The van der Waals surface area contributed by atoms with Crippen LogP contribution in [0.25, 0.3) is 0 Å². The van der Waals surface area contributed by atoms with Gasteiger partial charge in [-0.05, 0) is 48.2 Å². The van der Waals surface area contributed by atoms with Crippen LogP contribution in [-0.2, 0) is 32.6 Å². The van der Waals surface area contributed by atoms with Crippen molar-refractivity contribution >= 4 is 50.7 Å². The summed E-state index contributed by atoms with van der Waals surface area (Å²) >= 11 is 12.4. The molecule has 1 atom stereocenters. The molecule has 0 heterocycles. The Morgan fingerprint density at radius 1 is 0.930 bits per heavy atom. The van der Waals surface area contributed by atoms with Crippen molar-refractivity contribution in [3.63, 3.8) is 0 Å². The van der Waals surface area contributed by atoms with E-state index in [1.165, 1.54) is 11.4 Å². The number of methoxy groups -OCH3 is 1. The highest BCUT2D eigenvalue weighted by atomic mass is 35.5. The molecule has 8 nitrogen and oxygen atoms in total. The summed E-state index contributed by atoms with van der Waals surface area (Å²) in [6, 6.07) is 20.7. The second kappa shape index (κ2) is 16.5. The summed E-state index contributed by atoms with van der Waals surface area (Å²) in [7, 11) is -2.20. The van der Waals surface area contributed by atoms with Crippen LogP contribution in [0.5, 0.6) is 5.75 Å². The van der Waals surface area contributed by atoms with Gasteiger partial charge in [0.15, 0.2) is 0 Å². The summed E-state index contributed by atoms with van der Waals surface area (Å²) in [6.07, 6.45) is 3.39. The van der Waals surface area contributed by atoms with Gasteiger partial charge in [0.05, 0.1) is 29.1 Å². The van der Waals surface area contributed by atoms with E-state index in [2.05, 4.69) is 5.32 Å². The van der Waals surface area contributed by atoms with Crippen molar-refractivity contribution in [2.45, 2.75) is 51.6 Å². The lowest BCUT2D eigenvalue weighted by molar-refractivity contribution is -0.141. The number of benzene rings is 3. The zero-order chi connectivity index (χ0) is 31.4. The average Bonchev–Trinajstić information content (AvgIpc) is 2.98. The van der Waals surface area contributed by atoms with Crippen LogP contribution in [0.3, 0.4) is 0 Å². The van der Waals surface area contributed by atoms with E-state index in [1.54, 1.807) is 47.4 Å². The normalized spacial score (nSPS) is 11.9. The monoisotopic (exact) mass is 647 g/mol.